The highest BCUT2D eigenvalue weighted by Gasteiger charge is 2.34. The minimum Gasteiger partial charge on any atom is -0.320 e. The number of urea groups is 1. The fourth-order valence-corrected chi connectivity index (χ4v) is 3.52. The summed E-state index contributed by atoms with van der Waals surface area (Å²) in [7, 11) is 0. The second-order valence-corrected chi connectivity index (χ2v) is 6.33. The Bertz CT molecular complexity index is 485. The third kappa shape index (κ3) is 3.50. The minimum atomic E-state index is 0.00993. The lowest BCUT2D eigenvalue weighted by molar-refractivity contribution is 0.143. The highest BCUT2D eigenvalue weighted by Crippen LogP contribution is 2.25. The third-order valence-corrected chi connectivity index (χ3v) is 4.72. The minimum absolute atomic E-state index is 0.00993. The van der Waals surface area contributed by atoms with Crippen molar-refractivity contribution in [3.8, 4) is 0 Å². The van der Waals surface area contributed by atoms with Gasteiger partial charge in [0, 0.05) is 29.3 Å². The van der Waals surface area contributed by atoms with E-state index in [0.29, 0.717) is 17.1 Å². The van der Waals surface area contributed by atoms with Crippen LogP contribution in [0.3, 0.4) is 0 Å². The van der Waals surface area contributed by atoms with Crippen molar-refractivity contribution in [3.63, 3.8) is 0 Å². The molecular weight excluding hydrogens is 286 g/mol. The predicted molar refractivity (Wildman–Crippen MR) is 85.8 cm³/mol. The first-order valence-electron chi connectivity index (χ1n) is 7.80. The van der Waals surface area contributed by atoms with Gasteiger partial charge < -0.3 is 15.5 Å². The lowest BCUT2D eigenvalue weighted by Gasteiger charge is -2.39. The van der Waals surface area contributed by atoms with Crippen molar-refractivity contribution in [1.82, 2.24) is 10.2 Å². The van der Waals surface area contributed by atoms with Crippen molar-refractivity contribution in [2.24, 2.45) is 0 Å². The monoisotopic (exact) mass is 307 g/mol. The van der Waals surface area contributed by atoms with Crippen LogP contribution in [0.1, 0.15) is 32.1 Å². The maximum absolute atomic E-state index is 12.6. The molecule has 0 spiro atoms. The number of benzene rings is 1. The van der Waals surface area contributed by atoms with E-state index in [9.17, 15) is 4.79 Å². The summed E-state index contributed by atoms with van der Waals surface area (Å²) in [5.41, 5.74) is 0.799. The number of hydrogen-bond acceptors (Lipinski definition) is 2. The van der Waals surface area contributed by atoms with Gasteiger partial charge in [-0.2, -0.15) is 0 Å². The first-order valence-corrected chi connectivity index (χ1v) is 8.18. The number of likely N-dealkylation sites (tertiary alicyclic amines) is 1. The van der Waals surface area contributed by atoms with Gasteiger partial charge in [0.15, 0.2) is 0 Å². The van der Waals surface area contributed by atoms with Gasteiger partial charge in [0.2, 0.25) is 0 Å². The van der Waals surface area contributed by atoms with Gasteiger partial charge >= 0.3 is 6.03 Å². The highest BCUT2D eigenvalue weighted by atomic mass is 35.5. The molecule has 2 fully saturated rings. The molecule has 0 aromatic heterocycles. The van der Waals surface area contributed by atoms with Crippen molar-refractivity contribution < 1.29 is 4.79 Å². The summed E-state index contributed by atoms with van der Waals surface area (Å²) in [5, 5.41) is 7.22. The first kappa shape index (κ1) is 14.7. The Balaban J connectivity index is 1.67. The number of rotatable bonds is 2. The van der Waals surface area contributed by atoms with E-state index in [-0.39, 0.29) is 6.03 Å². The second-order valence-electron chi connectivity index (χ2n) is 5.90. The van der Waals surface area contributed by atoms with Crippen molar-refractivity contribution >= 4 is 23.3 Å². The van der Waals surface area contributed by atoms with Gasteiger partial charge in [-0.05, 0) is 62.9 Å². The maximum Gasteiger partial charge on any atom is 0.322 e. The topological polar surface area (TPSA) is 44.4 Å². The van der Waals surface area contributed by atoms with Crippen LogP contribution in [0.4, 0.5) is 10.5 Å². The quantitative estimate of drug-likeness (QED) is 0.878. The summed E-state index contributed by atoms with van der Waals surface area (Å²) >= 11 is 5.87. The molecule has 2 heterocycles. The molecule has 1 aromatic carbocycles. The van der Waals surface area contributed by atoms with Crippen LogP contribution in [0, 0.1) is 0 Å². The van der Waals surface area contributed by atoms with E-state index in [1.54, 1.807) is 12.1 Å². The van der Waals surface area contributed by atoms with Crippen molar-refractivity contribution in [1.29, 1.82) is 0 Å². The van der Waals surface area contributed by atoms with Gasteiger partial charge in [-0.1, -0.05) is 11.6 Å². The smallest absolute Gasteiger partial charge is 0.320 e. The van der Waals surface area contributed by atoms with E-state index in [2.05, 4.69) is 10.6 Å². The molecule has 21 heavy (non-hydrogen) atoms. The molecule has 2 N–H and O–H groups in total. The molecule has 2 aliphatic rings. The molecule has 0 saturated carbocycles. The van der Waals surface area contributed by atoms with Gasteiger partial charge in [-0.3, -0.25) is 0 Å². The zero-order valence-electron chi connectivity index (χ0n) is 12.1. The third-order valence-electron chi connectivity index (χ3n) is 4.47. The van der Waals surface area contributed by atoms with Crippen molar-refractivity contribution in [2.75, 3.05) is 18.4 Å². The molecular formula is C16H22ClN3O. The zero-order valence-corrected chi connectivity index (χ0v) is 12.9. The van der Waals surface area contributed by atoms with E-state index in [1.807, 2.05) is 17.0 Å². The van der Waals surface area contributed by atoms with Gasteiger partial charge in [0.25, 0.3) is 0 Å². The summed E-state index contributed by atoms with van der Waals surface area (Å²) in [6.45, 7) is 1.93. The lowest BCUT2D eigenvalue weighted by atomic mass is 9.95. The molecule has 1 aromatic rings. The van der Waals surface area contributed by atoms with Crippen LogP contribution in [0.2, 0.25) is 5.02 Å². The van der Waals surface area contributed by atoms with E-state index in [0.717, 1.165) is 31.6 Å². The molecule has 2 unspecified atom stereocenters. The van der Waals surface area contributed by atoms with E-state index in [4.69, 9.17) is 11.6 Å². The Kier molecular flexibility index (Phi) is 4.66. The molecule has 114 valence electrons. The summed E-state index contributed by atoms with van der Waals surface area (Å²) in [6.07, 6.45) is 5.81. The Labute approximate surface area is 130 Å². The molecule has 3 rings (SSSR count). The van der Waals surface area contributed by atoms with Crippen LogP contribution in [-0.4, -0.2) is 36.1 Å². The fraction of sp³-hybridized carbons (Fsp3) is 0.562. The Morgan fingerprint density at radius 1 is 1.19 bits per heavy atom. The number of nitrogens with zero attached hydrogens (tertiary/aromatic N) is 1. The van der Waals surface area contributed by atoms with Crippen molar-refractivity contribution in [3.05, 3.63) is 29.3 Å². The number of piperidine rings is 1. The van der Waals surface area contributed by atoms with Crippen LogP contribution in [0.25, 0.3) is 0 Å². The number of nitrogens with one attached hydrogen (secondary N) is 2. The van der Waals surface area contributed by atoms with Gasteiger partial charge in [-0.15, -0.1) is 0 Å². The molecule has 2 amide bonds. The predicted octanol–water partition coefficient (Wildman–Crippen LogP) is 3.48. The van der Waals surface area contributed by atoms with E-state index < -0.39 is 0 Å². The van der Waals surface area contributed by atoms with Gasteiger partial charge in [0.1, 0.15) is 0 Å². The SMILES string of the molecule is O=C(Nc1ccc(Cl)cc1)N1CCCCC1C1CCCN1. The van der Waals surface area contributed by atoms with Gasteiger partial charge in [0.05, 0.1) is 0 Å². The number of carbonyl (C=O) groups is 1. The molecule has 2 saturated heterocycles. The Hall–Kier alpha value is -1.26. The van der Waals surface area contributed by atoms with Gasteiger partial charge in [-0.25, -0.2) is 4.79 Å². The summed E-state index contributed by atoms with van der Waals surface area (Å²) in [4.78, 5) is 14.6. The molecule has 0 bridgehead atoms. The van der Waals surface area contributed by atoms with E-state index >= 15 is 0 Å². The van der Waals surface area contributed by atoms with E-state index in [1.165, 1.54) is 19.3 Å². The molecule has 4 nitrogen and oxygen atoms in total. The number of halogens is 1. The fourth-order valence-electron chi connectivity index (χ4n) is 3.40. The van der Waals surface area contributed by atoms with Crippen LogP contribution >= 0.6 is 11.6 Å². The highest BCUT2D eigenvalue weighted by molar-refractivity contribution is 6.30. The molecule has 2 aliphatic heterocycles. The zero-order chi connectivity index (χ0) is 14.7. The Morgan fingerprint density at radius 3 is 2.71 bits per heavy atom. The van der Waals surface area contributed by atoms with Crippen LogP contribution in [0.5, 0.6) is 0 Å². The van der Waals surface area contributed by atoms with Crippen LogP contribution in [-0.2, 0) is 0 Å². The number of anilines is 1. The average molecular weight is 308 g/mol. The van der Waals surface area contributed by atoms with Crippen molar-refractivity contribution in [2.45, 2.75) is 44.2 Å². The maximum atomic E-state index is 12.6. The largest absolute Gasteiger partial charge is 0.322 e. The number of amides is 2. The van der Waals surface area contributed by atoms with Crippen LogP contribution in [0.15, 0.2) is 24.3 Å². The Morgan fingerprint density at radius 2 is 2.00 bits per heavy atom. The average Bonchev–Trinajstić information content (AvgIpc) is 3.04. The summed E-state index contributed by atoms with van der Waals surface area (Å²) < 4.78 is 0. The van der Waals surface area contributed by atoms with Crippen LogP contribution < -0.4 is 10.6 Å². The number of carbonyl (C=O) groups excluding carboxylic acids is 1. The molecule has 5 heteroatoms. The summed E-state index contributed by atoms with van der Waals surface area (Å²) in [5.74, 6) is 0. The molecule has 0 radical (unpaired) electrons. The molecule has 0 aliphatic carbocycles. The first-order chi connectivity index (χ1) is 10.2. The lowest BCUT2D eigenvalue weighted by Crippen LogP contribution is -2.53. The summed E-state index contributed by atoms with van der Waals surface area (Å²) in [6, 6.07) is 8.07. The number of hydrogen-bond donors (Lipinski definition) is 2. The molecule has 2 atom stereocenters. The normalized spacial score (nSPS) is 25.9. The second kappa shape index (κ2) is 6.67. The standard InChI is InChI=1S/C16H22ClN3O/c17-12-6-8-13(9-7-12)19-16(21)20-11-2-1-5-15(20)14-4-3-10-18-14/h6-9,14-15,18H,1-5,10-11H2,(H,19,21).